The average molecular weight is 197 g/mol. The molecule has 0 heterocycles. The Labute approximate surface area is 69.7 Å². The molecule has 0 aliphatic heterocycles. The van der Waals surface area contributed by atoms with Gasteiger partial charge in [-0.05, 0) is 6.42 Å². The van der Waals surface area contributed by atoms with Gasteiger partial charge >= 0.3 is 23.0 Å². The van der Waals surface area contributed by atoms with Crippen LogP contribution in [0.3, 0.4) is 0 Å². The molecule has 0 unspecified atom stereocenters. The van der Waals surface area contributed by atoms with Crippen LogP contribution >= 0.6 is 0 Å². The number of aliphatic hydroxyl groups excluding tert-OH is 1. The molecule has 0 aliphatic carbocycles. The van der Waals surface area contributed by atoms with Crippen molar-refractivity contribution in [3.63, 3.8) is 0 Å². The van der Waals surface area contributed by atoms with Crippen molar-refractivity contribution in [2.24, 2.45) is 0 Å². The minimum Gasteiger partial charge on any atom is -0.665 e. The van der Waals surface area contributed by atoms with Gasteiger partial charge in [0.25, 0.3) is 0 Å². The van der Waals surface area contributed by atoms with Crippen LogP contribution in [0.2, 0.25) is 0 Å². The van der Waals surface area contributed by atoms with Gasteiger partial charge in [0.1, 0.15) is 0 Å². The molecule has 0 rings (SSSR count). The molecule has 0 bridgehead atoms. The predicted molar refractivity (Wildman–Crippen MR) is 30.9 cm³/mol. The van der Waals surface area contributed by atoms with Crippen molar-refractivity contribution in [1.29, 1.82) is 0 Å². The largest absolute Gasteiger partial charge is 1.00 e. The van der Waals surface area contributed by atoms with E-state index in [2.05, 4.69) is 0 Å². The molecule has 0 amide bonds. The molecule has 0 spiro atoms. The Morgan fingerprint density at radius 3 is 1.90 bits per heavy atom. The number of carboxylic acids is 1. The van der Waals surface area contributed by atoms with Crippen LogP contribution < -0.4 is 0 Å². The summed E-state index contributed by atoms with van der Waals surface area (Å²) in [5.74, 6) is -0.711. The van der Waals surface area contributed by atoms with Crippen molar-refractivity contribution in [1.82, 2.24) is 0 Å². The first-order valence-corrected chi connectivity index (χ1v) is 2.42. The second-order valence-corrected chi connectivity index (χ2v) is 1.24. The molecule has 0 saturated carbocycles. The zero-order valence-electron chi connectivity index (χ0n) is 5.43. The zero-order chi connectivity index (χ0) is 7.70. The average Bonchev–Trinajstić information content (AvgIpc) is 1.67. The summed E-state index contributed by atoms with van der Waals surface area (Å²) in [7, 11) is 0. The number of rotatable bonds is 2. The van der Waals surface area contributed by atoms with Crippen LogP contribution in [-0.2, 0) is 26.7 Å². The van der Waals surface area contributed by atoms with Gasteiger partial charge in [0, 0.05) is 6.42 Å². The standard InChI is InChI=1S/C4H8O2.CHO2.Cu/c1-2-3-4(5)6;2-1-3;/h2-3H2,1H3,(H,5,6);(H,2,3);/q;-1;+1. The Morgan fingerprint density at radius 2 is 1.90 bits per heavy atom. The van der Waals surface area contributed by atoms with Crippen LogP contribution in [-0.4, -0.2) is 22.7 Å². The molecule has 0 saturated heterocycles. The fourth-order valence-electron chi connectivity index (χ4n) is 0.214. The van der Waals surface area contributed by atoms with Crippen LogP contribution in [0.5, 0.6) is 0 Å². The Morgan fingerprint density at radius 1 is 1.60 bits per heavy atom. The van der Waals surface area contributed by atoms with Gasteiger partial charge in [0.2, 0.25) is 0 Å². The quantitative estimate of drug-likeness (QED) is 0.498. The van der Waals surface area contributed by atoms with E-state index in [0.29, 0.717) is 12.9 Å². The molecule has 64 valence electrons. The van der Waals surface area contributed by atoms with E-state index in [1.807, 2.05) is 6.92 Å². The van der Waals surface area contributed by atoms with E-state index in [9.17, 15) is 4.79 Å². The Balaban J connectivity index is -0.000000107. The maximum absolute atomic E-state index is 9.60. The van der Waals surface area contributed by atoms with E-state index in [1.54, 1.807) is 0 Å². The SMILES string of the molecule is CCCC(=O)O.O=[C-]O.[Cu+]. The topological polar surface area (TPSA) is 74.6 Å². The fourth-order valence-corrected chi connectivity index (χ4v) is 0.214. The second-order valence-electron chi connectivity index (χ2n) is 1.24. The van der Waals surface area contributed by atoms with E-state index < -0.39 is 5.97 Å². The van der Waals surface area contributed by atoms with Crippen molar-refractivity contribution in [2.75, 3.05) is 0 Å². The van der Waals surface area contributed by atoms with E-state index in [0.717, 1.165) is 6.42 Å². The first kappa shape index (κ1) is 16.2. The molecule has 0 aliphatic rings. The minimum absolute atomic E-state index is 0. The molecule has 0 aromatic heterocycles. The monoisotopic (exact) mass is 196 g/mol. The summed E-state index contributed by atoms with van der Waals surface area (Å²) in [5.41, 5.74) is 0. The summed E-state index contributed by atoms with van der Waals surface area (Å²) in [5, 5.41) is 14.7. The Hall–Kier alpha value is -0.541. The molecule has 0 aromatic rings. The van der Waals surface area contributed by atoms with E-state index in [4.69, 9.17) is 15.0 Å². The normalized spacial score (nSPS) is 6.10. The number of hydrogen-bond acceptors (Lipinski definition) is 2. The van der Waals surface area contributed by atoms with Crippen LogP contribution in [0.4, 0.5) is 0 Å². The molecule has 5 heteroatoms. The maximum Gasteiger partial charge on any atom is 1.00 e. The molecule has 2 N–H and O–H groups in total. The van der Waals surface area contributed by atoms with Crippen LogP contribution in [0.15, 0.2) is 0 Å². The summed E-state index contributed by atoms with van der Waals surface area (Å²) in [6.07, 6.45) is 1.02. The van der Waals surface area contributed by atoms with Crippen molar-refractivity contribution in [2.45, 2.75) is 19.8 Å². The van der Waals surface area contributed by atoms with Gasteiger partial charge in [-0.2, -0.15) is 0 Å². The van der Waals surface area contributed by atoms with Crippen molar-refractivity contribution in [3.8, 4) is 0 Å². The molecular formula is C5H9CuO4. The number of aliphatic carboxylic acids is 1. The first-order valence-electron chi connectivity index (χ1n) is 2.42. The predicted octanol–water partition coefficient (Wildman–Crippen LogP) is 0.480. The van der Waals surface area contributed by atoms with Gasteiger partial charge in [-0.25, -0.2) is 0 Å². The molecule has 0 atom stereocenters. The summed E-state index contributed by atoms with van der Waals surface area (Å²) in [4.78, 5) is 17.8. The molecule has 0 aromatic carbocycles. The third-order valence-corrected chi connectivity index (χ3v) is 0.464. The zero-order valence-corrected chi connectivity index (χ0v) is 6.37. The van der Waals surface area contributed by atoms with Gasteiger partial charge < -0.3 is 15.0 Å². The summed E-state index contributed by atoms with van der Waals surface area (Å²) >= 11 is 0. The number of carboxylic acid groups (broad SMARTS) is 1. The van der Waals surface area contributed by atoms with Crippen molar-refractivity contribution < 1.29 is 36.9 Å². The van der Waals surface area contributed by atoms with Gasteiger partial charge in [-0.15, -0.1) is 0 Å². The molecule has 4 nitrogen and oxygen atoms in total. The van der Waals surface area contributed by atoms with Gasteiger partial charge in [-0.3, -0.25) is 4.79 Å². The summed E-state index contributed by atoms with van der Waals surface area (Å²) in [6, 6.07) is 0. The third kappa shape index (κ3) is 51.5. The Kier molecular flexibility index (Phi) is 25.6. The first-order chi connectivity index (χ1) is 4.18. The van der Waals surface area contributed by atoms with Gasteiger partial charge in [-0.1, -0.05) is 13.4 Å². The fraction of sp³-hybridized carbons (Fsp3) is 0.600. The van der Waals surface area contributed by atoms with E-state index in [1.165, 1.54) is 0 Å². The molecule has 0 fully saturated rings. The molecule has 0 radical (unpaired) electrons. The molecular weight excluding hydrogens is 188 g/mol. The van der Waals surface area contributed by atoms with Gasteiger partial charge in [0.15, 0.2) is 0 Å². The second kappa shape index (κ2) is 15.8. The number of hydrogen-bond donors (Lipinski definition) is 2. The van der Waals surface area contributed by atoms with Gasteiger partial charge in [0.05, 0.1) is 0 Å². The molecule has 10 heavy (non-hydrogen) atoms. The smallest absolute Gasteiger partial charge is 0.665 e. The van der Waals surface area contributed by atoms with Crippen LogP contribution in [0, 0.1) is 0 Å². The van der Waals surface area contributed by atoms with E-state index in [-0.39, 0.29) is 17.1 Å². The van der Waals surface area contributed by atoms with Crippen molar-refractivity contribution in [3.05, 3.63) is 0 Å². The van der Waals surface area contributed by atoms with Crippen LogP contribution in [0.25, 0.3) is 0 Å². The third-order valence-electron chi connectivity index (χ3n) is 0.464. The number of carbonyl (C=O) groups is 1. The summed E-state index contributed by atoms with van der Waals surface area (Å²) in [6.45, 7) is 2.34. The Bertz CT molecular complexity index is 83.7. The van der Waals surface area contributed by atoms with Crippen molar-refractivity contribution >= 4 is 12.4 Å². The van der Waals surface area contributed by atoms with Crippen LogP contribution in [0.1, 0.15) is 19.8 Å². The summed E-state index contributed by atoms with van der Waals surface area (Å²) < 4.78 is 0. The van der Waals surface area contributed by atoms with E-state index >= 15 is 0 Å². The maximum atomic E-state index is 9.60. The minimum atomic E-state index is -0.711.